The Labute approximate surface area is 97.7 Å². The molecule has 3 N–H and O–H groups in total. The van der Waals surface area contributed by atoms with Crippen molar-refractivity contribution in [2.45, 2.75) is 19.4 Å². The topological polar surface area (TPSA) is 68.0 Å². The second kappa shape index (κ2) is 6.09. The second-order valence-electron chi connectivity index (χ2n) is 3.17. The van der Waals surface area contributed by atoms with Gasteiger partial charge in [-0.3, -0.25) is 4.79 Å². The molecule has 1 amide bonds. The Hall–Kier alpha value is -0.590. The first-order valence-electron chi connectivity index (χ1n) is 4.61. The highest BCUT2D eigenvalue weighted by Crippen LogP contribution is 2.14. The lowest BCUT2D eigenvalue weighted by Gasteiger charge is -2.09. The SMILES string of the molecule is CSCC[C@H](N)C(=O)Nc1nc(C)cs1. The first kappa shape index (κ1) is 12.5. The van der Waals surface area contributed by atoms with Gasteiger partial charge in [-0.25, -0.2) is 4.98 Å². The fourth-order valence-corrected chi connectivity index (χ4v) is 2.17. The second-order valence-corrected chi connectivity index (χ2v) is 5.01. The molecule has 0 fully saturated rings. The lowest BCUT2D eigenvalue weighted by atomic mass is 10.2. The standard InChI is InChI=1S/C9H15N3OS2/c1-6-5-15-9(11-6)12-8(13)7(10)3-4-14-2/h5,7H,3-4,10H2,1-2H3,(H,11,12,13)/t7-/m0/s1. The number of carbonyl (C=O) groups is 1. The van der Waals surface area contributed by atoms with Crippen LogP contribution in [-0.2, 0) is 4.79 Å². The average molecular weight is 245 g/mol. The summed E-state index contributed by atoms with van der Waals surface area (Å²) in [5.74, 6) is 0.740. The van der Waals surface area contributed by atoms with Crippen molar-refractivity contribution in [3.8, 4) is 0 Å². The number of aromatic nitrogens is 1. The van der Waals surface area contributed by atoms with Gasteiger partial charge < -0.3 is 11.1 Å². The number of hydrogen-bond donors (Lipinski definition) is 2. The smallest absolute Gasteiger partial charge is 0.243 e. The maximum atomic E-state index is 11.5. The van der Waals surface area contributed by atoms with Crippen LogP contribution in [0, 0.1) is 6.92 Å². The minimum absolute atomic E-state index is 0.154. The van der Waals surface area contributed by atoms with E-state index < -0.39 is 6.04 Å². The number of nitrogens with one attached hydrogen (secondary N) is 1. The number of amides is 1. The van der Waals surface area contributed by atoms with E-state index in [0.29, 0.717) is 11.6 Å². The number of rotatable bonds is 5. The molecule has 15 heavy (non-hydrogen) atoms. The summed E-state index contributed by atoms with van der Waals surface area (Å²) in [7, 11) is 0. The summed E-state index contributed by atoms with van der Waals surface area (Å²) in [5.41, 5.74) is 6.62. The molecule has 0 bridgehead atoms. The summed E-state index contributed by atoms with van der Waals surface area (Å²) in [6.45, 7) is 1.89. The molecule has 1 atom stereocenters. The zero-order valence-electron chi connectivity index (χ0n) is 8.82. The van der Waals surface area contributed by atoms with Crippen LogP contribution in [0.25, 0.3) is 0 Å². The third kappa shape index (κ3) is 4.19. The Morgan fingerprint density at radius 2 is 2.53 bits per heavy atom. The first-order chi connectivity index (χ1) is 7.13. The van der Waals surface area contributed by atoms with Gasteiger partial charge in [0.15, 0.2) is 5.13 Å². The zero-order valence-corrected chi connectivity index (χ0v) is 10.5. The molecule has 4 nitrogen and oxygen atoms in total. The predicted octanol–water partition coefficient (Wildman–Crippen LogP) is 1.47. The van der Waals surface area contributed by atoms with Crippen molar-refractivity contribution in [1.82, 2.24) is 4.98 Å². The predicted molar refractivity (Wildman–Crippen MR) is 66.5 cm³/mol. The lowest BCUT2D eigenvalue weighted by molar-refractivity contribution is -0.117. The molecule has 0 aliphatic heterocycles. The molecular weight excluding hydrogens is 230 g/mol. The number of hydrogen-bond acceptors (Lipinski definition) is 5. The minimum Gasteiger partial charge on any atom is -0.320 e. The average Bonchev–Trinajstić information content (AvgIpc) is 2.60. The molecule has 0 aromatic carbocycles. The summed E-state index contributed by atoms with van der Waals surface area (Å²) < 4.78 is 0. The van der Waals surface area contributed by atoms with Gasteiger partial charge in [-0.05, 0) is 25.4 Å². The normalized spacial score (nSPS) is 12.5. The van der Waals surface area contributed by atoms with Crippen molar-refractivity contribution in [1.29, 1.82) is 0 Å². The molecule has 0 unspecified atom stereocenters. The van der Waals surface area contributed by atoms with Crippen molar-refractivity contribution in [3.05, 3.63) is 11.1 Å². The van der Waals surface area contributed by atoms with Gasteiger partial charge >= 0.3 is 0 Å². The van der Waals surface area contributed by atoms with Crippen LogP contribution in [0.4, 0.5) is 5.13 Å². The van der Waals surface area contributed by atoms with E-state index in [1.165, 1.54) is 11.3 Å². The van der Waals surface area contributed by atoms with Crippen molar-refractivity contribution in [3.63, 3.8) is 0 Å². The van der Waals surface area contributed by atoms with Gasteiger partial charge in [-0.2, -0.15) is 11.8 Å². The van der Waals surface area contributed by atoms with Crippen LogP contribution < -0.4 is 11.1 Å². The summed E-state index contributed by atoms with van der Waals surface area (Å²) >= 11 is 3.10. The monoisotopic (exact) mass is 245 g/mol. The molecule has 1 rings (SSSR count). The van der Waals surface area contributed by atoms with Gasteiger partial charge in [0.05, 0.1) is 11.7 Å². The summed E-state index contributed by atoms with van der Waals surface area (Å²) in [6, 6.07) is -0.443. The molecule has 0 saturated carbocycles. The Morgan fingerprint density at radius 3 is 3.07 bits per heavy atom. The van der Waals surface area contributed by atoms with E-state index in [9.17, 15) is 4.79 Å². The van der Waals surface area contributed by atoms with Crippen LogP contribution in [0.1, 0.15) is 12.1 Å². The van der Waals surface area contributed by atoms with Crippen LogP contribution in [0.15, 0.2) is 5.38 Å². The summed E-state index contributed by atoms with van der Waals surface area (Å²) in [4.78, 5) is 15.7. The van der Waals surface area contributed by atoms with Crippen LogP contribution in [-0.4, -0.2) is 28.9 Å². The molecule has 6 heteroatoms. The van der Waals surface area contributed by atoms with Gasteiger partial charge in [0.25, 0.3) is 0 Å². The van der Waals surface area contributed by atoms with Gasteiger partial charge in [0.2, 0.25) is 5.91 Å². The van der Waals surface area contributed by atoms with E-state index in [1.54, 1.807) is 11.8 Å². The molecule has 1 heterocycles. The maximum Gasteiger partial charge on any atom is 0.243 e. The summed E-state index contributed by atoms with van der Waals surface area (Å²) in [6.07, 6.45) is 2.69. The maximum absolute atomic E-state index is 11.5. The zero-order chi connectivity index (χ0) is 11.3. The Balaban J connectivity index is 2.41. The fraction of sp³-hybridized carbons (Fsp3) is 0.556. The molecule has 0 saturated heterocycles. The third-order valence-corrected chi connectivity index (χ3v) is 3.34. The van der Waals surface area contributed by atoms with Crippen molar-refractivity contribution < 1.29 is 4.79 Å². The largest absolute Gasteiger partial charge is 0.320 e. The van der Waals surface area contributed by atoms with E-state index >= 15 is 0 Å². The van der Waals surface area contributed by atoms with Crippen molar-refractivity contribution >= 4 is 34.1 Å². The molecule has 0 aliphatic rings. The molecule has 0 radical (unpaired) electrons. The number of aryl methyl sites for hydroxylation is 1. The molecule has 1 aromatic rings. The third-order valence-electron chi connectivity index (χ3n) is 1.82. The molecule has 0 spiro atoms. The van der Waals surface area contributed by atoms with Crippen molar-refractivity contribution in [2.24, 2.45) is 5.73 Å². The van der Waals surface area contributed by atoms with Crippen LogP contribution in [0.2, 0.25) is 0 Å². The lowest BCUT2D eigenvalue weighted by Crippen LogP contribution is -2.36. The minimum atomic E-state index is -0.443. The molecule has 0 aliphatic carbocycles. The first-order valence-corrected chi connectivity index (χ1v) is 6.88. The highest BCUT2D eigenvalue weighted by atomic mass is 32.2. The number of nitrogens with zero attached hydrogens (tertiary/aromatic N) is 1. The van der Waals surface area contributed by atoms with Crippen LogP contribution >= 0.6 is 23.1 Å². The quantitative estimate of drug-likeness (QED) is 0.824. The highest BCUT2D eigenvalue weighted by Gasteiger charge is 2.13. The van der Waals surface area contributed by atoms with E-state index in [2.05, 4.69) is 10.3 Å². The number of thioether (sulfide) groups is 1. The number of carbonyl (C=O) groups excluding carboxylic acids is 1. The van der Waals surface area contributed by atoms with Gasteiger partial charge in [-0.1, -0.05) is 0 Å². The van der Waals surface area contributed by atoms with E-state index in [4.69, 9.17) is 5.73 Å². The van der Waals surface area contributed by atoms with E-state index in [-0.39, 0.29) is 5.91 Å². The highest BCUT2D eigenvalue weighted by molar-refractivity contribution is 7.98. The number of thiazole rings is 1. The molecular formula is C9H15N3OS2. The summed E-state index contributed by atoms with van der Waals surface area (Å²) in [5, 5.41) is 5.22. The molecule has 1 aromatic heterocycles. The van der Waals surface area contributed by atoms with Gasteiger partial charge in [-0.15, -0.1) is 11.3 Å². The van der Waals surface area contributed by atoms with E-state index in [0.717, 1.165) is 11.4 Å². The number of nitrogens with two attached hydrogens (primary N) is 1. The van der Waals surface area contributed by atoms with Crippen LogP contribution in [0.3, 0.4) is 0 Å². The Kier molecular flexibility index (Phi) is 5.07. The van der Waals surface area contributed by atoms with Gasteiger partial charge in [0.1, 0.15) is 0 Å². The Bertz CT molecular complexity index is 327. The fourth-order valence-electron chi connectivity index (χ4n) is 0.985. The van der Waals surface area contributed by atoms with E-state index in [1.807, 2.05) is 18.6 Å². The molecule has 84 valence electrons. The van der Waals surface area contributed by atoms with Crippen molar-refractivity contribution in [2.75, 3.05) is 17.3 Å². The number of anilines is 1. The Morgan fingerprint density at radius 1 is 1.80 bits per heavy atom. The van der Waals surface area contributed by atoms with Gasteiger partial charge in [0, 0.05) is 5.38 Å². The van der Waals surface area contributed by atoms with Crippen LogP contribution in [0.5, 0.6) is 0 Å².